The number of aryl methyl sites for hydroxylation is 3. The highest BCUT2D eigenvalue weighted by molar-refractivity contribution is 5.24. The maximum absolute atomic E-state index is 11.9. The summed E-state index contributed by atoms with van der Waals surface area (Å²) in [4.78, 5) is 11.9. The second kappa shape index (κ2) is 5.75. The Labute approximate surface area is 122 Å². The molecule has 0 fully saturated rings. The molecule has 21 heavy (non-hydrogen) atoms. The zero-order valence-corrected chi connectivity index (χ0v) is 11.8. The minimum absolute atomic E-state index is 0.0222. The fourth-order valence-electron chi connectivity index (χ4n) is 2.20. The summed E-state index contributed by atoms with van der Waals surface area (Å²) in [5.41, 5.74) is 2.60. The van der Waals surface area contributed by atoms with Crippen LogP contribution in [0.4, 0.5) is 0 Å². The molecule has 0 spiro atoms. The van der Waals surface area contributed by atoms with Crippen molar-refractivity contribution in [3.8, 4) is 5.69 Å². The molecule has 0 unspecified atom stereocenters. The largest absolute Gasteiger partial charge is 0.288 e. The molecule has 1 aromatic carbocycles. The minimum atomic E-state index is -0.0222. The molecule has 0 radical (unpaired) electrons. The van der Waals surface area contributed by atoms with Gasteiger partial charge in [0.15, 0.2) is 0 Å². The number of nitrogens with zero attached hydrogens (tertiary/aromatic N) is 4. The van der Waals surface area contributed by atoms with Crippen molar-refractivity contribution in [3.63, 3.8) is 0 Å². The Morgan fingerprint density at radius 3 is 2.62 bits per heavy atom. The minimum Gasteiger partial charge on any atom is -0.288 e. The lowest BCUT2D eigenvalue weighted by atomic mass is 10.1. The van der Waals surface area contributed by atoms with Gasteiger partial charge in [-0.3, -0.25) is 9.48 Å². The number of benzene rings is 1. The molecule has 0 atom stereocenters. The molecule has 106 valence electrons. The Balaban J connectivity index is 1.83. The van der Waals surface area contributed by atoms with Crippen LogP contribution in [0.3, 0.4) is 0 Å². The zero-order valence-electron chi connectivity index (χ0n) is 11.8. The molecule has 0 saturated carbocycles. The van der Waals surface area contributed by atoms with Crippen LogP contribution in [0.15, 0.2) is 59.8 Å². The molecule has 2 heterocycles. The molecule has 0 aliphatic rings. The average molecular weight is 280 g/mol. The summed E-state index contributed by atoms with van der Waals surface area (Å²) in [6, 6.07) is 11.7. The second-order valence-electron chi connectivity index (χ2n) is 4.93. The van der Waals surface area contributed by atoms with E-state index in [1.807, 2.05) is 31.4 Å². The lowest BCUT2D eigenvalue weighted by Gasteiger charge is -2.05. The smallest absolute Gasteiger partial charge is 0.203 e. The van der Waals surface area contributed by atoms with Crippen LogP contribution < -0.4 is 5.43 Å². The van der Waals surface area contributed by atoms with E-state index in [2.05, 4.69) is 22.3 Å². The van der Waals surface area contributed by atoms with E-state index in [1.165, 1.54) is 5.56 Å². The van der Waals surface area contributed by atoms with E-state index < -0.39 is 0 Å². The van der Waals surface area contributed by atoms with Gasteiger partial charge in [0.2, 0.25) is 5.43 Å². The Kier molecular flexibility index (Phi) is 3.64. The lowest BCUT2D eigenvalue weighted by Crippen LogP contribution is -2.16. The standard InChI is InChI=1S/C16H16N4O/c1-19-12-14(11-17-19)20-10-9-16(21)15(18-20)8-7-13-5-3-2-4-6-13/h2-6,9-12H,7-8H2,1H3. The van der Waals surface area contributed by atoms with E-state index in [0.717, 1.165) is 12.1 Å². The van der Waals surface area contributed by atoms with Crippen molar-refractivity contribution in [2.75, 3.05) is 0 Å². The topological polar surface area (TPSA) is 52.7 Å². The van der Waals surface area contributed by atoms with Gasteiger partial charge in [-0.2, -0.15) is 10.2 Å². The van der Waals surface area contributed by atoms with E-state index in [4.69, 9.17) is 0 Å². The quantitative estimate of drug-likeness (QED) is 0.731. The summed E-state index contributed by atoms with van der Waals surface area (Å²) in [6.45, 7) is 0. The highest BCUT2D eigenvalue weighted by Crippen LogP contribution is 2.05. The first-order valence-electron chi connectivity index (χ1n) is 6.84. The SMILES string of the molecule is Cn1cc(-n2ccc(=O)c(CCc3ccccc3)n2)cn1. The maximum Gasteiger partial charge on any atom is 0.203 e. The van der Waals surface area contributed by atoms with E-state index in [1.54, 1.807) is 27.8 Å². The Hall–Kier alpha value is -2.69. The van der Waals surface area contributed by atoms with Gasteiger partial charge < -0.3 is 0 Å². The van der Waals surface area contributed by atoms with Crippen molar-refractivity contribution in [2.45, 2.75) is 12.8 Å². The van der Waals surface area contributed by atoms with Crippen LogP contribution in [0, 0.1) is 0 Å². The van der Waals surface area contributed by atoms with Crippen molar-refractivity contribution < 1.29 is 0 Å². The molecule has 0 amide bonds. The Bertz CT molecular complexity index is 789. The number of hydrogen-bond acceptors (Lipinski definition) is 3. The highest BCUT2D eigenvalue weighted by Gasteiger charge is 2.05. The summed E-state index contributed by atoms with van der Waals surface area (Å²) >= 11 is 0. The van der Waals surface area contributed by atoms with Gasteiger partial charge in [0.05, 0.1) is 12.4 Å². The predicted octanol–water partition coefficient (Wildman–Crippen LogP) is 1.75. The van der Waals surface area contributed by atoms with Crippen LogP contribution in [-0.2, 0) is 19.9 Å². The third-order valence-corrected chi connectivity index (χ3v) is 3.33. The molecule has 2 aromatic heterocycles. The van der Waals surface area contributed by atoms with E-state index in [9.17, 15) is 4.79 Å². The van der Waals surface area contributed by atoms with Crippen molar-refractivity contribution in [3.05, 3.63) is 76.5 Å². The van der Waals surface area contributed by atoms with Crippen LogP contribution in [0.5, 0.6) is 0 Å². The molecule has 5 nitrogen and oxygen atoms in total. The highest BCUT2D eigenvalue weighted by atomic mass is 16.1. The Morgan fingerprint density at radius 2 is 1.90 bits per heavy atom. The molecular weight excluding hydrogens is 264 g/mol. The molecule has 0 bridgehead atoms. The van der Waals surface area contributed by atoms with E-state index >= 15 is 0 Å². The van der Waals surface area contributed by atoms with Crippen LogP contribution in [0.1, 0.15) is 11.3 Å². The van der Waals surface area contributed by atoms with Crippen molar-refractivity contribution >= 4 is 0 Å². The first-order valence-corrected chi connectivity index (χ1v) is 6.84. The fourth-order valence-corrected chi connectivity index (χ4v) is 2.20. The summed E-state index contributed by atoms with van der Waals surface area (Å²) in [5.74, 6) is 0. The van der Waals surface area contributed by atoms with Crippen LogP contribution in [0.25, 0.3) is 5.69 Å². The lowest BCUT2D eigenvalue weighted by molar-refractivity contribution is 0.754. The Morgan fingerprint density at radius 1 is 1.10 bits per heavy atom. The third kappa shape index (κ3) is 3.08. The monoisotopic (exact) mass is 280 g/mol. The van der Waals surface area contributed by atoms with Crippen molar-refractivity contribution in [1.29, 1.82) is 0 Å². The molecule has 0 N–H and O–H groups in total. The van der Waals surface area contributed by atoms with Gasteiger partial charge in [0.1, 0.15) is 11.4 Å². The molecular formula is C16H16N4O. The second-order valence-corrected chi connectivity index (χ2v) is 4.93. The zero-order chi connectivity index (χ0) is 14.7. The van der Waals surface area contributed by atoms with Crippen LogP contribution >= 0.6 is 0 Å². The molecule has 3 rings (SSSR count). The van der Waals surface area contributed by atoms with Gasteiger partial charge >= 0.3 is 0 Å². The molecule has 0 saturated heterocycles. The third-order valence-electron chi connectivity index (χ3n) is 3.33. The first kappa shape index (κ1) is 13.3. The van der Waals surface area contributed by atoms with Gasteiger partial charge in [-0.15, -0.1) is 0 Å². The summed E-state index contributed by atoms with van der Waals surface area (Å²) in [5, 5.41) is 8.54. The van der Waals surface area contributed by atoms with Crippen LogP contribution in [-0.4, -0.2) is 19.6 Å². The van der Waals surface area contributed by atoms with Crippen molar-refractivity contribution in [1.82, 2.24) is 19.6 Å². The van der Waals surface area contributed by atoms with Gasteiger partial charge in [0.25, 0.3) is 0 Å². The fraction of sp³-hybridized carbons (Fsp3) is 0.188. The average Bonchev–Trinajstić information content (AvgIpc) is 2.94. The van der Waals surface area contributed by atoms with Gasteiger partial charge in [-0.05, 0) is 18.4 Å². The summed E-state index contributed by atoms with van der Waals surface area (Å²) in [6.07, 6.45) is 6.69. The number of aromatic nitrogens is 4. The molecule has 0 aliphatic carbocycles. The maximum atomic E-state index is 11.9. The van der Waals surface area contributed by atoms with Crippen molar-refractivity contribution in [2.24, 2.45) is 7.05 Å². The number of rotatable bonds is 4. The molecule has 0 aliphatic heterocycles. The van der Waals surface area contributed by atoms with Gasteiger partial charge in [-0.1, -0.05) is 30.3 Å². The number of hydrogen-bond donors (Lipinski definition) is 0. The van der Waals surface area contributed by atoms with Gasteiger partial charge in [-0.25, -0.2) is 4.68 Å². The molecule has 3 aromatic rings. The predicted molar refractivity (Wildman–Crippen MR) is 80.5 cm³/mol. The normalized spacial score (nSPS) is 10.7. The first-order chi connectivity index (χ1) is 10.2. The molecule has 5 heteroatoms. The van der Waals surface area contributed by atoms with E-state index in [-0.39, 0.29) is 5.43 Å². The van der Waals surface area contributed by atoms with Crippen LogP contribution in [0.2, 0.25) is 0 Å². The van der Waals surface area contributed by atoms with E-state index in [0.29, 0.717) is 12.1 Å². The van der Waals surface area contributed by atoms with Gasteiger partial charge in [0, 0.05) is 19.3 Å². The summed E-state index contributed by atoms with van der Waals surface area (Å²) in [7, 11) is 1.85. The summed E-state index contributed by atoms with van der Waals surface area (Å²) < 4.78 is 3.40.